The van der Waals surface area contributed by atoms with E-state index < -0.39 is 9.84 Å². The molecule has 0 saturated carbocycles. The van der Waals surface area contributed by atoms with Crippen LogP contribution in [0, 0.1) is 0 Å². The first kappa shape index (κ1) is 14.3. The number of hydrogen-bond donors (Lipinski definition) is 1. The monoisotopic (exact) mass is 283 g/mol. The molecule has 19 heavy (non-hydrogen) atoms. The third-order valence-corrected chi connectivity index (χ3v) is 4.41. The molecular formula is C13H21N3O2S. The summed E-state index contributed by atoms with van der Waals surface area (Å²) in [5.74, 6) is 0.455. The van der Waals surface area contributed by atoms with Crippen LogP contribution in [-0.2, 0) is 9.84 Å². The first-order valence-corrected chi connectivity index (χ1v) is 8.50. The fraction of sp³-hybridized carbons (Fsp3) is 0.615. The zero-order valence-electron chi connectivity index (χ0n) is 11.5. The number of rotatable bonds is 5. The van der Waals surface area contributed by atoms with Gasteiger partial charge in [-0.3, -0.25) is 0 Å². The third kappa shape index (κ3) is 3.91. The summed E-state index contributed by atoms with van der Waals surface area (Å²) in [6.45, 7) is 5.24. The summed E-state index contributed by atoms with van der Waals surface area (Å²) in [5, 5.41) is 3.21. The smallest absolute Gasteiger partial charge is 0.179 e. The van der Waals surface area contributed by atoms with Gasteiger partial charge < -0.3 is 10.2 Å². The average Bonchev–Trinajstić information content (AvgIpc) is 2.81. The highest BCUT2D eigenvalue weighted by atomic mass is 32.2. The van der Waals surface area contributed by atoms with Crippen LogP contribution < -0.4 is 5.32 Å². The average molecular weight is 283 g/mol. The maximum Gasteiger partial charge on any atom is 0.179 e. The Morgan fingerprint density at radius 1 is 1.42 bits per heavy atom. The van der Waals surface area contributed by atoms with Crippen LogP contribution >= 0.6 is 0 Å². The van der Waals surface area contributed by atoms with Crippen LogP contribution in [0.1, 0.15) is 19.8 Å². The Labute approximate surface area is 114 Å². The Morgan fingerprint density at radius 3 is 2.74 bits per heavy atom. The third-order valence-electron chi connectivity index (χ3n) is 3.28. The van der Waals surface area contributed by atoms with E-state index in [1.165, 1.54) is 19.1 Å². The van der Waals surface area contributed by atoms with Crippen LogP contribution in [0.5, 0.6) is 0 Å². The van der Waals surface area contributed by atoms with Crippen molar-refractivity contribution in [1.29, 1.82) is 0 Å². The van der Waals surface area contributed by atoms with Crippen molar-refractivity contribution >= 4 is 15.7 Å². The van der Waals surface area contributed by atoms with E-state index in [0.29, 0.717) is 5.82 Å². The van der Waals surface area contributed by atoms with Crippen molar-refractivity contribution in [2.45, 2.75) is 30.7 Å². The van der Waals surface area contributed by atoms with Gasteiger partial charge in [-0.2, -0.15) is 0 Å². The van der Waals surface area contributed by atoms with Crippen molar-refractivity contribution in [1.82, 2.24) is 9.88 Å². The summed E-state index contributed by atoms with van der Waals surface area (Å²) >= 11 is 0. The molecule has 5 nitrogen and oxygen atoms in total. The van der Waals surface area contributed by atoms with Gasteiger partial charge in [0, 0.05) is 25.0 Å². The maximum absolute atomic E-state index is 11.7. The first-order valence-electron chi connectivity index (χ1n) is 6.61. The lowest BCUT2D eigenvalue weighted by molar-refractivity contribution is 0.327. The van der Waals surface area contributed by atoms with Crippen molar-refractivity contribution in [3.05, 3.63) is 18.3 Å². The SMILES string of the molecule is CC(CN1CCCC1)Nc1ncccc1S(C)(=O)=O. The number of sulfone groups is 1. The number of nitrogens with zero attached hydrogens (tertiary/aromatic N) is 2. The molecule has 1 aliphatic rings. The van der Waals surface area contributed by atoms with E-state index in [1.54, 1.807) is 18.3 Å². The normalized spacial score (nSPS) is 18.4. The Bertz CT molecular complexity index is 524. The minimum Gasteiger partial charge on any atom is -0.365 e. The molecule has 1 unspecified atom stereocenters. The fourth-order valence-corrected chi connectivity index (χ4v) is 3.22. The van der Waals surface area contributed by atoms with E-state index in [-0.39, 0.29) is 10.9 Å². The Morgan fingerprint density at radius 2 is 2.11 bits per heavy atom. The van der Waals surface area contributed by atoms with Gasteiger partial charge in [-0.05, 0) is 45.0 Å². The second-order valence-corrected chi connectivity index (χ2v) is 7.16. The van der Waals surface area contributed by atoms with Crippen molar-refractivity contribution in [3.63, 3.8) is 0 Å². The molecule has 0 spiro atoms. The van der Waals surface area contributed by atoms with Gasteiger partial charge in [0.2, 0.25) is 0 Å². The summed E-state index contributed by atoms with van der Waals surface area (Å²) in [6.07, 6.45) is 5.33. The molecule has 2 rings (SSSR count). The van der Waals surface area contributed by atoms with E-state index in [4.69, 9.17) is 0 Å². The van der Waals surface area contributed by atoms with Gasteiger partial charge in [-0.15, -0.1) is 0 Å². The minimum absolute atomic E-state index is 0.175. The zero-order chi connectivity index (χ0) is 13.9. The predicted octanol–water partition coefficient (Wildman–Crippen LogP) is 1.38. The summed E-state index contributed by atoms with van der Waals surface area (Å²) in [6, 6.07) is 3.41. The van der Waals surface area contributed by atoms with Crippen molar-refractivity contribution < 1.29 is 8.42 Å². The molecule has 106 valence electrons. The summed E-state index contributed by atoms with van der Waals surface area (Å²) in [7, 11) is -3.24. The summed E-state index contributed by atoms with van der Waals surface area (Å²) in [5.41, 5.74) is 0. The molecule has 1 fully saturated rings. The van der Waals surface area contributed by atoms with Gasteiger partial charge in [-0.1, -0.05) is 0 Å². The molecule has 1 atom stereocenters. The second kappa shape index (κ2) is 5.88. The van der Waals surface area contributed by atoms with E-state index in [2.05, 4.69) is 22.1 Å². The van der Waals surface area contributed by atoms with Gasteiger partial charge in [0.05, 0.1) is 0 Å². The largest absolute Gasteiger partial charge is 0.365 e. The van der Waals surface area contributed by atoms with E-state index >= 15 is 0 Å². The summed E-state index contributed by atoms with van der Waals surface area (Å²) < 4.78 is 23.4. The quantitative estimate of drug-likeness (QED) is 0.884. The Hall–Kier alpha value is -1.14. The molecule has 0 bridgehead atoms. The molecule has 1 aromatic heterocycles. The second-order valence-electron chi connectivity index (χ2n) is 5.18. The van der Waals surface area contributed by atoms with Crippen LogP contribution in [0.15, 0.2) is 23.2 Å². The molecule has 1 aromatic rings. The van der Waals surface area contributed by atoms with Gasteiger partial charge in [0.1, 0.15) is 10.7 Å². The predicted molar refractivity (Wildman–Crippen MR) is 76.1 cm³/mol. The highest BCUT2D eigenvalue weighted by molar-refractivity contribution is 7.90. The molecule has 0 amide bonds. The molecule has 1 N–H and O–H groups in total. The van der Waals surface area contributed by atoms with E-state index in [9.17, 15) is 8.42 Å². The van der Waals surface area contributed by atoms with Crippen LogP contribution in [-0.4, -0.2) is 50.2 Å². The molecule has 0 aliphatic carbocycles. The topological polar surface area (TPSA) is 62.3 Å². The number of hydrogen-bond acceptors (Lipinski definition) is 5. The van der Waals surface area contributed by atoms with E-state index in [1.807, 2.05) is 0 Å². The van der Waals surface area contributed by atoms with Gasteiger partial charge in [-0.25, -0.2) is 13.4 Å². The molecular weight excluding hydrogens is 262 g/mol. The molecule has 1 saturated heterocycles. The van der Waals surface area contributed by atoms with Gasteiger partial charge >= 0.3 is 0 Å². The first-order chi connectivity index (χ1) is 8.97. The highest BCUT2D eigenvalue weighted by Gasteiger charge is 2.18. The standard InChI is InChI=1S/C13H21N3O2S/c1-11(10-16-8-3-4-9-16)15-13-12(19(2,17)18)6-5-7-14-13/h5-7,11H,3-4,8-10H2,1-2H3,(H,14,15). The number of aromatic nitrogens is 1. The molecule has 1 aliphatic heterocycles. The zero-order valence-corrected chi connectivity index (χ0v) is 12.3. The number of pyridine rings is 1. The molecule has 6 heteroatoms. The molecule has 2 heterocycles. The van der Waals surface area contributed by atoms with Gasteiger partial charge in [0.25, 0.3) is 0 Å². The lowest BCUT2D eigenvalue weighted by Crippen LogP contribution is -2.33. The van der Waals surface area contributed by atoms with Crippen LogP contribution in [0.2, 0.25) is 0 Å². The van der Waals surface area contributed by atoms with Gasteiger partial charge in [0.15, 0.2) is 9.84 Å². The highest BCUT2D eigenvalue weighted by Crippen LogP contribution is 2.19. The Balaban J connectivity index is 2.06. The Kier molecular flexibility index (Phi) is 4.42. The number of likely N-dealkylation sites (tertiary alicyclic amines) is 1. The van der Waals surface area contributed by atoms with Crippen molar-refractivity contribution in [2.75, 3.05) is 31.2 Å². The van der Waals surface area contributed by atoms with E-state index in [0.717, 1.165) is 19.6 Å². The number of nitrogens with one attached hydrogen (secondary N) is 1. The minimum atomic E-state index is -3.24. The molecule has 0 radical (unpaired) electrons. The van der Waals surface area contributed by atoms with Crippen LogP contribution in [0.4, 0.5) is 5.82 Å². The van der Waals surface area contributed by atoms with Crippen molar-refractivity contribution in [3.8, 4) is 0 Å². The molecule has 0 aromatic carbocycles. The lowest BCUT2D eigenvalue weighted by atomic mass is 10.3. The lowest BCUT2D eigenvalue weighted by Gasteiger charge is -2.22. The van der Waals surface area contributed by atoms with Crippen LogP contribution in [0.25, 0.3) is 0 Å². The summed E-state index contributed by atoms with van der Waals surface area (Å²) in [4.78, 5) is 6.81. The van der Waals surface area contributed by atoms with Crippen LogP contribution in [0.3, 0.4) is 0 Å². The van der Waals surface area contributed by atoms with Crippen molar-refractivity contribution in [2.24, 2.45) is 0 Å². The fourth-order valence-electron chi connectivity index (χ4n) is 2.43. The maximum atomic E-state index is 11.7. The number of anilines is 1.